The molecule has 0 saturated heterocycles. The summed E-state index contributed by atoms with van der Waals surface area (Å²) in [5.41, 5.74) is 1.46. The Balaban J connectivity index is 1.73. The SMILES string of the molecule is Cc1c(NC(=O)CC2(O)CCCC2)cnn1-c1cccc(Cl)c1. The van der Waals surface area contributed by atoms with Crippen molar-refractivity contribution >= 4 is 23.2 Å². The summed E-state index contributed by atoms with van der Waals surface area (Å²) in [5, 5.41) is 18.1. The van der Waals surface area contributed by atoms with Crippen LogP contribution in [0.15, 0.2) is 30.5 Å². The van der Waals surface area contributed by atoms with Crippen LogP contribution in [0.1, 0.15) is 37.8 Å². The van der Waals surface area contributed by atoms with E-state index in [9.17, 15) is 9.90 Å². The standard InChI is InChI=1S/C17H20ClN3O2/c1-12-15(20-16(22)10-17(23)7-2-3-8-17)11-19-21(12)14-6-4-5-13(18)9-14/h4-6,9,11,23H,2-3,7-8,10H2,1H3,(H,20,22). The average molecular weight is 334 g/mol. The molecule has 1 heterocycles. The zero-order valence-electron chi connectivity index (χ0n) is 13.1. The van der Waals surface area contributed by atoms with Crippen LogP contribution in [0, 0.1) is 6.92 Å². The molecular weight excluding hydrogens is 314 g/mol. The zero-order chi connectivity index (χ0) is 16.4. The van der Waals surface area contributed by atoms with Gasteiger partial charge in [0.05, 0.1) is 35.3 Å². The van der Waals surface area contributed by atoms with Crippen molar-refractivity contribution < 1.29 is 9.90 Å². The number of halogens is 1. The molecule has 122 valence electrons. The summed E-state index contributed by atoms with van der Waals surface area (Å²) >= 11 is 6.01. The molecule has 5 nitrogen and oxygen atoms in total. The number of aliphatic hydroxyl groups is 1. The maximum absolute atomic E-state index is 12.2. The summed E-state index contributed by atoms with van der Waals surface area (Å²) in [6.45, 7) is 1.88. The van der Waals surface area contributed by atoms with Gasteiger partial charge in [0.25, 0.3) is 0 Å². The quantitative estimate of drug-likeness (QED) is 0.900. The Morgan fingerprint density at radius 3 is 2.87 bits per heavy atom. The van der Waals surface area contributed by atoms with E-state index >= 15 is 0 Å². The van der Waals surface area contributed by atoms with E-state index < -0.39 is 5.60 Å². The second-order valence-electron chi connectivity index (χ2n) is 6.19. The van der Waals surface area contributed by atoms with Crippen LogP contribution in [-0.2, 0) is 4.79 Å². The van der Waals surface area contributed by atoms with Gasteiger partial charge in [-0.05, 0) is 38.0 Å². The van der Waals surface area contributed by atoms with Gasteiger partial charge in [-0.1, -0.05) is 30.5 Å². The van der Waals surface area contributed by atoms with E-state index in [1.807, 2.05) is 25.1 Å². The third-order valence-corrected chi connectivity index (χ3v) is 4.60. The van der Waals surface area contributed by atoms with E-state index in [0.717, 1.165) is 24.2 Å². The molecule has 6 heteroatoms. The first-order valence-electron chi connectivity index (χ1n) is 7.80. The third-order valence-electron chi connectivity index (χ3n) is 4.36. The van der Waals surface area contributed by atoms with Crippen LogP contribution in [0.4, 0.5) is 5.69 Å². The summed E-state index contributed by atoms with van der Waals surface area (Å²) in [4.78, 5) is 12.2. The number of anilines is 1. The van der Waals surface area contributed by atoms with E-state index in [1.165, 1.54) is 0 Å². The number of hydrogen-bond acceptors (Lipinski definition) is 3. The maximum atomic E-state index is 12.2. The second-order valence-corrected chi connectivity index (χ2v) is 6.63. The average Bonchev–Trinajstić information content (AvgIpc) is 3.06. The molecule has 23 heavy (non-hydrogen) atoms. The molecule has 1 aromatic heterocycles. The van der Waals surface area contributed by atoms with Crippen LogP contribution < -0.4 is 5.32 Å². The highest BCUT2D eigenvalue weighted by Gasteiger charge is 2.33. The molecule has 0 bridgehead atoms. The number of amides is 1. The van der Waals surface area contributed by atoms with Gasteiger partial charge < -0.3 is 10.4 Å². The Hall–Kier alpha value is -1.85. The lowest BCUT2D eigenvalue weighted by molar-refractivity contribution is -0.120. The van der Waals surface area contributed by atoms with Crippen LogP contribution in [0.2, 0.25) is 5.02 Å². The van der Waals surface area contributed by atoms with Crippen LogP contribution in [-0.4, -0.2) is 26.4 Å². The number of carbonyl (C=O) groups excluding carboxylic acids is 1. The molecule has 0 radical (unpaired) electrons. The van der Waals surface area contributed by atoms with E-state index in [4.69, 9.17) is 11.6 Å². The van der Waals surface area contributed by atoms with Crippen molar-refractivity contribution in [3.8, 4) is 5.69 Å². The van der Waals surface area contributed by atoms with Gasteiger partial charge in [-0.25, -0.2) is 4.68 Å². The largest absolute Gasteiger partial charge is 0.389 e. The summed E-state index contributed by atoms with van der Waals surface area (Å²) in [7, 11) is 0. The predicted molar refractivity (Wildman–Crippen MR) is 90.0 cm³/mol. The van der Waals surface area contributed by atoms with Gasteiger partial charge in [0.2, 0.25) is 5.91 Å². The fourth-order valence-electron chi connectivity index (χ4n) is 3.10. The van der Waals surface area contributed by atoms with Crippen molar-refractivity contribution in [1.29, 1.82) is 0 Å². The van der Waals surface area contributed by atoms with Crippen molar-refractivity contribution in [3.05, 3.63) is 41.2 Å². The Bertz CT molecular complexity index is 720. The first-order valence-corrected chi connectivity index (χ1v) is 8.17. The first kappa shape index (κ1) is 16.0. The molecule has 0 unspecified atom stereocenters. The van der Waals surface area contributed by atoms with Crippen molar-refractivity contribution in [2.45, 2.75) is 44.6 Å². The molecular formula is C17H20ClN3O2. The van der Waals surface area contributed by atoms with Crippen molar-refractivity contribution in [2.75, 3.05) is 5.32 Å². The van der Waals surface area contributed by atoms with Gasteiger partial charge in [0.1, 0.15) is 0 Å². The Morgan fingerprint density at radius 2 is 2.17 bits per heavy atom. The van der Waals surface area contributed by atoms with Crippen molar-refractivity contribution in [3.63, 3.8) is 0 Å². The first-order chi connectivity index (χ1) is 11.0. The topological polar surface area (TPSA) is 67.2 Å². The Morgan fingerprint density at radius 1 is 1.43 bits per heavy atom. The van der Waals surface area contributed by atoms with Crippen molar-refractivity contribution in [2.24, 2.45) is 0 Å². The lowest BCUT2D eigenvalue weighted by atomic mass is 9.97. The molecule has 0 spiro atoms. The van der Waals surface area contributed by atoms with E-state index in [2.05, 4.69) is 10.4 Å². The molecule has 0 atom stereocenters. The highest BCUT2D eigenvalue weighted by Crippen LogP contribution is 2.32. The minimum absolute atomic E-state index is 0.134. The molecule has 1 aromatic carbocycles. The summed E-state index contributed by atoms with van der Waals surface area (Å²) in [5.74, 6) is -0.178. The highest BCUT2D eigenvalue weighted by atomic mass is 35.5. The van der Waals surface area contributed by atoms with Gasteiger partial charge in [-0.2, -0.15) is 5.10 Å². The van der Waals surface area contributed by atoms with Crippen LogP contribution in [0.5, 0.6) is 0 Å². The monoisotopic (exact) mass is 333 g/mol. The minimum atomic E-state index is -0.846. The minimum Gasteiger partial charge on any atom is -0.389 e. The molecule has 2 aromatic rings. The summed E-state index contributed by atoms with van der Waals surface area (Å²) < 4.78 is 1.73. The second kappa shape index (κ2) is 6.34. The number of hydrogen-bond donors (Lipinski definition) is 2. The van der Waals surface area contributed by atoms with E-state index in [1.54, 1.807) is 16.9 Å². The van der Waals surface area contributed by atoms with Gasteiger partial charge in [-0.15, -0.1) is 0 Å². The molecule has 0 aliphatic heterocycles. The lowest BCUT2D eigenvalue weighted by Crippen LogP contribution is -2.30. The molecule has 1 aliphatic carbocycles. The van der Waals surface area contributed by atoms with Crippen LogP contribution in [0.25, 0.3) is 5.69 Å². The van der Waals surface area contributed by atoms with Crippen LogP contribution in [0.3, 0.4) is 0 Å². The zero-order valence-corrected chi connectivity index (χ0v) is 13.8. The predicted octanol–water partition coefficient (Wildman–Crippen LogP) is 3.47. The molecule has 3 rings (SSSR count). The molecule has 1 saturated carbocycles. The molecule has 1 aliphatic rings. The summed E-state index contributed by atoms with van der Waals surface area (Å²) in [6, 6.07) is 7.37. The van der Waals surface area contributed by atoms with E-state index in [0.29, 0.717) is 23.6 Å². The summed E-state index contributed by atoms with van der Waals surface area (Å²) in [6.07, 6.45) is 5.11. The van der Waals surface area contributed by atoms with Gasteiger partial charge in [-0.3, -0.25) is 4.79 Å². The Labute approximate surface area is 140 Å². The number of rotatable bonds is 4. The van der Waals surface area contributed by atoms with Gasteiger partial charge in [0.15, 0.2) is 0 Å². The fraction of sp³-hybridized carbons (Fsp3) is 0.412. The van der Waals surface area contributed by atoms with Crippen LogP contribution >= 0.6 is 11.6 Å². The maximum Gasteiger partial charge on any atom is 0.227 e. The normalized spacial score (nSPS) is 16.5. The number of benzene rings is 1. The third kappa shape index (κ3) is 3.57. The van der Waals surface area contributed by atoms with Gasteiger partial charge >= 0.3 is 0 Å². The molecule has 1 fully saturated rings. The van der Waals surface area contributed by atoms with Crippen molar-refractivity contribution in [1.82, 2.24) is 9.78 Å². The smallest absolute Gasteiger partial charge is 0.227 e. The number of nitrogens with zero attached hydrogens (tertiary/aromatic N) is 2. The molecule has 2 N–H and O–H groups in total. The lowest BCUT2D eigenvalue weighted by Gasteiger charge is -2.21. The van der Waals surface area contributed by atoms with Gasteiger partial charge in [0, 0.05) is 5.02 Å². The number of nitrogens with one attached hydrogen (secondary N) is 1. The number of carbonyl (C=O) groups is 1. The highest BCUT2D eigenvalue weighted by molar-refractivity contribution is 6.30. The van der Waals surface area contributed by atoms with E-state index in [-0.39, 0.29) is 12.3 Å². The Kier molecular flexibility index (Phi) is 4.41. The fourth-order valence-corrected chi connectivity index (χ4v) is 3.29. The number of aromatic nitrogens is 2. The molecule has 1 amide bonds.